The topological polar surface area (TPSA) is 55.1 Å². The van der Waals surface area contributed by atoms with Crippen LogP contribution in [0.1, 0.15) is 26.5 Å². The fraction of sp³-hybridized carbons (Fsp3) is 0.583. The molecule has 0 amide bonds. The Labute approximate surface area is 124 Å². The van der Waals surface area contributed by atoms with Crippen LogP contribution in [0.15, 0.2) is 12.4 Å². The highest BCUT2D eigenvalue weighted by molar-refractivity contribution is 8.00. The van der Waals surface area contributed by atoms with E-state index in [1.807, 2.05) is 0 Å². The summed E-state index contributed by atoms with van der Waals surface area (Å²) in [5.41, 5.74) is -0.978. The molecule has 2 heterocycles. The molecular weight excluding hydrogens is 303 g/mol. The molecule has 2 aromatic rings. The van der Waals surface area contributed by atoms with Crippen molar-refractivity contribution in [2.45, 2.75) is 31.7 Å². The molecule has 2 aromatic heterocycles. The average molecular weight is 319 g/mol. The Balaban J connectivity index is 2.16. The predicted octanol–water partition coefficient (Wildman–Crippen LogP) is 3.09. The molecule has 9 heteroatoms. The summed E-state index contributed by atoms with van der Waals surface area (Å²) >= 11 is 1.72. The van der Waals surface area contributed by atoms with Gasteiger partial charge in [-0.15, -0.1) is 0 Å². The molecule has 0 aromatic carbocycles. The first-order chi connectivity index (χ1) is 9.67. The lowest BCUT2D eigenvalue weighted by atomic mass is 10.3. The van der Waals surface area contributed by atoms with Gasteiger partial charge in [-0.2, -0.15) is 39.5 Å². The zero-order valence-corrected chi connectivity index (χ0v) is 12.7. The Morgan fingerprint density at radius 1 is 1.29 bits per heavy atom. The van der Waals surface area contributed by atoms with Crippen molar-refractivity contribution in [2.24, 2.45) is 0 Å². The van der Waals surface area contributed by atoms with Gasteiger partial charge in [0.1, 0.15) is 12.1 Å². The maximum Gasteiger partial charge on any atom is 0.433 e. The Kier molecular flexibility index (Phi) is 4.31. The molecule has 0 radical (unpaired) electrons. The van der Waals surface area contributed by atoms with Crippen molar-refractivity contribution in [1.82, 2.24) is 19.6 Å². The predicted molar refractivity (Wildman–Crippen MR) is 76.5 cm³/mol. The van der Waals surface area contributed by atoms with Crippen molar-refractivity contribution >= 4 is 23.4 Å². The third kappa shape index (κ3) is 4.23. The van der Waals surface area contributed by atoms with Crippen molar-refractivity contribution in [3.05, 3.63) is 18.1 Å². The summed E-state index contributed by atoms with van der Waals surface area (Å²) in [6.07, 6.45) is -3.33. The second-order valence-corrected chi connectivity index (χ2v) is 7.31. The molecule has 0 unspecified atom stereocenters. The molecule has 2 rings (SSSR count). The lowest BCUT2D eigenvalue weighted by molar-refractivity contribution is -0.141. The number of hydrogen-bond acceptors (Lipinski definition) is 5. The van der Waals surface area contributed by atoms with Crippen molar-refractivity contribution in [3.8, 4) is 0 Å². The van der Waals surface area contributed by atoms with E-state index in [4.69, 9.17) is 0 Å². The van der Waals surface area contributed by atoms with Crippen LogP contribution in [-0.2, 0) is 6.18 Å². The summed E-state index contributed by atoms with van der Waals surface area (Å²) in [6.45, 7) is 6.78. The number of aromatic nitrogens is 4. The maximum atomic E-state index is 12.8. The van der Waals surface area contributed by atoms with Crippen LogP contribution in [0, 0.1) is 0 Å². The average Bonchev–Trinajstić information content (AvgIpc) is 2.80. The largest absolute Gasteiger partial charge is 0.433 e. The van der Waals surface area contributed by atoms with Gasteiger partial charge in [0.2, 0.25) is 0 Å². The third-order valence-electron chi connectivity index (χ3n) is 2.49. The number of nitrogens with one attached hydrogen (secondary N) is 1. The van der Waals surface area contributed by atoms with E-state index in [2.05, 4.69) is 41.2 Å². The van der Waals surface area contributed by atoms with Gasteiger partial charge in [-0.1, -0.05) is 20.8 Å². The quantitative estimate of drug-likeness (QED) is 0.878. The summed E-state index contributed by atoms with van der Waals surface area (Å²) in [5, 5.41) is 6.83. The molecular formula is C12H16F3N5S. The minimum atomic E-state index is -4.51. The monoisotopic (exact) mass is 319 g/mol. The third-order valence-corrected chi connectivity index (χ3v) is 3.76. The van der Waals surface area contributed by atoms with Crippen LogP contribution in [0.2, 0.25) is 0 Å². The molecule has 116 valence electrons. The molecule has 0 aliphatic rings. The van der Waals surface area contributed by atoms with E-state index in [1.54, 1.807) is 11.8 Å². The highest BCUT2D eigenvalue weighted by Crippen LogP contribution is 2.29. The number of fused-ring (bicyclic) bond motifs is 1. The van der Waals surface area contributed by atoms with E-state index in [1.165, 1.54) is 10.8 Å². The molecule has 0 saturated heterocycles. The fourth-order valence-electron chi connectivity index (χ4n) is 1.62. The van der Waals surface area contributed by atoms with Crippen LogP contribution in [0.5, 0.6) is 0 Å². The molecule has 1 N–H and O–H groups in total. The van der Waals surface area contributed by atoms with Gasteiger partial charge in [-0.05, 0) is 0 Å². The van der Waals surface area contributed by atoms with Gasteiger partial charge in [0.25, 0.3) is 5.78 Å². The lowest BCUT2D eigenvalue weighted by Crippen LogP contribution is -2.16. The van der Waals surface area contributed by atoms with Crippen LogP contribution >= 0.6 is 11.8 Å². The van der Waals surface area contributed by atoms with Gasteiger partial charge in [-0.25, -0.2) is 4.98 Å². The fourth-order valence-corrected chi connectivity index (χ4v) is 2.44. The van der Waals surface area contributed by atoms with Crippen molar-refractivity contribution in [3.63, 3.8) is 0 Å². The molecule has 0 aliphatic heterocycles. The molecule has 0 atom stereocenters. The summed E-state index contributed by atoms with van der Waals surface area (Å²) in [5.74, 6) is 0.929. The van der Waals surface area contributed by atoms with Gasteiger partial charge in [-0.3, -0.25) is 0 Å². The summed E-state index contributed by atoms with van der Waals surface area (Å²) in [7, 11) is 0. The molecule has 0 saturated carbocycles. The normalized spacial score (nSPS) is 12.9. The molecule has 0 spiro atoms. The Bertz CT molecular complexity index is 617. The number of thioether (sulfide) groups is 1. The number of nitrogens with zero attached hydrogens (tertiary/aromatic N) is 4. The molecule has 21 heavy (non-hydrogen) atoms. The van der Waals surface area contributed by atoms with E-state index in [-0.39, 0.29) is 16.3 Å². The molecule has 0 aliphatic carbocycles. The van der Waals surface area contributed by atoms with Crippen LogP contribution in [-0.4, -0.2) is 36.6 Å². The van der Waals surface area contributed by atoms with Crippen LogP contribution in [0.3, 0.4) is 0 Å². The van der Waals surface area contributed by atoms with Crippen LogP contribution < -0.4 is 5.32 Å². The first-order valence-corrected chi connectivity index (χ1v) is 7.31. The first-order valence-electron chi connectivity index (χ1n) is 6.33. The van der Waals surface area contributed by atoms with Crippen molar-refractivity contribution < 1.29 is 13.2 Å². The van der Waals surface area contributed by atoms with E-state index in [9.17, 15) is 13.2 Å². The van der Waals surface area contributed by atoms with E-state index < -0.39 is 11.9 Å². The summed E-state index contributed by atoms with van der Waals surface area (Å²) in [4.78, 5) is 7.17. The van der Waals surface area contributed by atoms with Gasteiger partial charge >= 0.3 is 6.18 Å². The highest BCUT2D eigenvalue weighted by atomic mass is 32.2. The molecule has 0 bridgehead atoms. The number of rotatable bonds is 4. The zero-order chi connectivity index (χ0) is 15.7. The van der Waals surface area contributed by atoms with Crippen LogP contribution in [0.4, 0.5) is 19.0 Å². The molecule has 5 nitrogen and oxygen atoms in total. The SMILES string of the molecule is CC(C)(C)SCCNc1cc(C(F)(F)F)nc2ncnn12. The lowest BCUT2D eigenvalue weighted by Gasteiger charge is -2.18. The zero-order valence-electron chi connectivity index (χ0n) is 11.9. The Hall–Kier alpha value is -1.51. The van der Waals surface area contributed by atoms with Crippen molar-refractivity contribution in [2.75, 3.05) is 17.6 Å². The van der Waals surface area contributed by atoms with Gasteiger partial charge in [0.05, 0.1) is 0 Å². The molecule has 0 fully saturated rings. The Morgan fingerprint density at radius 2 is 2.00 bits per heavy atom. The van der Waals surface area contributed by atoms with Gasteiger partial charge in [0, 0.05) is 23.1 Å². The van der Waals surface area contributed by atoms with Crippen molar-refractivity contribution in [1.29, 1.82) is 0 Å². The summed E-state index contributed by atoms with van der Waals surface area (Å²) in [6, 6.07) is 0.948. The minimum Gasteiger partial charge on any atom is -0.369 e. The second kappa shape index (κ2) is 5.70. The Morgan fingerprint density at radius 3 is 2.62 bits per heavy atom. The standard InChI is InChI=1S/C12H16F3N5S/c1-11(2,3)21-5-4-16-9-6-8(12(13,14)15)19-10-17-7-18-20(9)10/h6-7,16H,4-5H2,1-3H3. The summed E-state index contributed by atoms with van der Waals surface area (Å²) < 4.78 is 39.8. The van der Waals surface area contributed by atoms with E-state index in [0.717, 1.165) is 11.8 Å². The number of halogens is 3. The van der Waals surface area contributed by atoms with E-state index in [0.29, 0.717) is 6.54 Å². The number of hydrogen-bond donors (Lipinski definition) is 1. The number of alkyl halides is 3. The smallest absolute Gasteiger partial charge is 0.369 e. The second-order valence-electron chi connectivity index (χ2n) is 5.38. The van der Waals surface area contributed by atoms with Gasteiger partial charge < -0.3 is 5.32 Å². The first kappa shape index (κ1) is 15.9. The highest BCUT2D eigenvalue weighted by Gasteiger charge is 2.34. The van der Waals surface area contributed by atoms with Crippen LogP contribution in [0.25, 0.3) is 5.78 Å². The number of anilines is 1. The van der Waals surface area contributed by atoms with E-state index >= 15 is 0 Å². The van der Waals surface area contributed by atoms with Gasteiger partial charge in [0.15, 0.2) is 5.69 Å². The maximum absolute atomic E-state index is 12.8. The minimum absolute atomic E-state index is 0.0733.